The summed E-state index contributed by atoms with van der Waals surface area (Å²) in [5, 5.41) is 5.87. The lowest BCUT2D eigenvalue weighted by atomic mass is 9.87. The molecule has 0 atom stereocenters. The number of nitrogens with zero attached hydrogens (tertiary/aromatic N) is 2. The van der Waals surface area contributed by atoms with Crippen molar-refractivity contribution in [1.82, 2.24) is 9.97 Å². The molecule has 2 N–H and O–H groups in total. The molecule has 1 aliphatic rings. The van der Waals surface area contributed by atoms with Crippen LogP contribution in [0.2, 0.25) is 0 Å². The fourth-order valence-electron chi connectivity index (χ4n) is 2.48. The molecule has 0 bridgehead atoms. The summed E-state index contributed by atoms with van der Waals surface area (Å²) in [6.07, 6.45) is 8.98. The van der Waals surface area contributed by atoms with Crippen LogP contribution >= 0.6 is 0 Å². The first-order valence-corrected chi connectivity index (χ1v) is 6.73. The Labute approximate surface area is 107 Å². The first kappa shape index (κ1) is 13.1. The fraction of sp³-hybridized carbons (Fsp3) is 0.692. The summed E-state index contributed by atoms with van der Waals surface area (Å²) in [6.45, 7) is 0.780. The predicted octanol–water partition coefficient (Wildman–Crippen LogP) is 3.04. The summed E-state index contributed by atoms with van der Waals surface area (Å²) in [5.74, 6) is 1.14. The molecule has 100 valence electrons. The smallest absolute Gasteiger partial charge is 0.224 e. The molecular formula is C13H21FN4. The quantitative estimate of drug-likeness (QED) is 0.845. The van der Waals surface area contributed by atoms with Crippen molar-refractivity contribution in [2.45, 2.75) is 38.5 Å². The largest absolute Gasteiger partial charge is 0.367 e. The van der Waals surface area contributed by atoms with Crippen LogP contribution in [0.4, 0.5) is 16.2 Å². The standard InChI is InChI=1S/C13H21FN4/c1-15-13-17-9-11(14)12(18-13)16-8-7-10-5-3-2-4-6-10/h9-10H,2-8H2,1H3,(H2,15,16,17,18). The molecular weight excluding hydrogens is 231 g/mol. The third-order valence-electron chi connectivity index (χ3n) is 3.54. The van der Waals surface area contributed by atoms with E-state index in [1.807, 2.05) is 0 Å². The van der Waals surface area contributed by atoms with Gasteiger partial charge in [-0.05, 0) is 12.3 Å². The van der Waals surface area contributed by atoms with E-state index >= 15 is 0 Å². The number of rotatable bonds is 5. The zero-order valence-electron chi connectivity index (χ0n) is 10.9. The van der Waals surface area contributed by atoms with Crippen molar-refractivity contribution in [3.8, 4) is 0 Å². The van der Waals surface area contributed by atoms with Crippen LogP contribution < -0.4 is 10.6 Å². The third-order valence-corrected chi connectivity index (χ3v) is 3.54. The molecule has 0 radical (unpaired) electrons. The lowest BCUT2D eigenvalue weighted by Gasteiger charge is -2.21. The van der Waals surface area contributed by atoms with E-state index in [0.29, 0.717) is 11.8 Å². The predicted molar refractivity (Wildman–Crippen MR) is 71.2 cm³/mol. The summed E-state index contributed by atoms with van der Waals surface area (Å²) in [6, 6.07) is 0. The Morgan fingerprint density at radius 1 is 1.33 bits per heavy atom. The number of halogens is 1. The minimum atomic E-state index is -0.391. The van der Waals surface area contributed by atoms with Crippen molar-refractivity contribution in [3.63, 3.8) is 0 Å². The minimum absolute atomic E-state index is 0.296. The molecule has 1 fully saturated rings. The van der Waals surface area contributed by atoms with Crippen molar-refractivity contribution in [2.24, 2.45) is 5.92 Å². The molecule has 4 nitrogen and oxygen atoms in total. The zero-order chi connectivity index (χ0) is 12.8. The molecule has 1 aliphatic carbocycles. The lowest BCUT2D eigenvalue weighted by Crippen LogP contribution is -2.14. The van der Waals surface area contributed by atoms with Gasteiger partial charge in [0.15, 0.2) is 11.6 Å². The molecule has 5 heteroatoms. The highest BCUT2D eigenvalue weighted by molar-refractivity contribution is 5.40. The lowest BCUT2D eigenvalue weighted by molar-refractivity contribution is 0.345. The molecule has 0 aromatic carbocycles. The maximum absolute atomic E-state index is 13.5. The van der Waals surface area contributed by atoms with Crippen LogP contribution in [0.15, 0.2) is 6.20 Å². The third kappa shape index (κ3) is 3.55. The van der Waals surface area contributed by atoms with Gasteiger partial charge in [0, 0.05) is 13.6 Å². The number of anilines is 2. The Morgan fingerprint density at radius 3 is 2.83 bits per heavy atom. The van der Waals surface area contributed by atoms with E-state index in [1.165, 1.54) is 38.3 Å². The second-order valence-electron chi connectivity index (χ2n) is 4.86. The Kier molecular flexibility index (Phi) is 4.73. The van der Waals surface area contributed by atoms with E-state index in [4.69, 9.17) is 0 Å². The Hall–Kier alpha value is -1.39. The number of hydrogen-bond donors (Lipinski definition) is 2. The minimum Gasteiger partial charge on any atom is -0.367 e. The average Bonchev–Trinajstić information content (AvgIpc) is 2.42. The molecule has 18 heavy (non-hydrogen) atoms. The average molecular weight is 252 g/mol. The maximum atomic E-state index is 13.5. The Bertz CT molecular complexity index is 377. The second-order valence-corrected chi connectivity index (χ2v) is 4.86. The molecule has 0 spiro atoms. The normalized spacial score (nSPS) is 16.6. The molecule has 1 aromatic rings. The molecule has 2 rings (SSSR count). The highest BCUT2D eigenvalue weighted by Crippen LogP contribution is 2.26. The SMILES string of the molecule is CNc1ncc(F)c(NCCC2CCCCC2)n1. The molecule has 1 saturated carbocycles. The van der Waals surface area contributed by atoms with Crippen molar-refractivity contribution < 1.29 is 4.39 Å². The van der Waals surface area contributed by atoms with Gasteiger partial charge in [0.2, 0.25) is 5.95 Å². The van der Waals surface area contributed by atoms with Crippen molar-refractivity contribution in [2.75, 3.05) is 24.2 Å². The van der Waals surface area contributed by atoms with Crippen LogP contribution in [0.5, 0.6) is 0 Å². The van der Waals surface area contributed by atoms with Crippen LogP contribution in [0.3, 0.4) is 0 Å². The zero-order valence-corrected chi connectivity index (χ0v) is 10.9. The van der Waals surface area contributed by atoms with Crippen molar-refractivity contribution in [3.05, 3.63) is 12.0 Å². The first-order valence-electron chi connectivity index (χ1n) is 6.73. The summed E-state index contributed by atoms with van der Waals surface area (Å²) in [7, 11) is 1.72. The molecule has 0 amide bonds. The van der Waals surface area contributed by atoms with Crippen LogP contribution in [0.25, 0.3) is 0 Å². The number of nitrogens with one attached hydrogen (secondary N) is 2. The van der Waals surface area contributed by atoms with Gasteiger partial charge >= 0.3 is 0 Å². The Balaban J connectivity index is 1.81. The highest BCUT2D eigenvalue weighted by atomic mass is 19.1. The number of aromatic nitrogens is 2. The molecule has 1 aromatic heterocycles. The molecule has 0 unspecified atom stereocenters. The monoisotopic (exact) mass is 252 g/mol. The van der Waals surface area contributed by atoms with Crippen molar-refractivity contribution >= 4 is 11.8 Å². The van der Waals surface area contributed by atoms with Gasteiger partial charge in [-0.1, -0.05) is 32.1 Å². The van der Waals surface area contributed by atoms with Gasteiger partial charge in [-0.3, -0.25) is 0 Å². The van der Waals surface area contributed by atoms with Crippen LogP contribution in [0.1, 0.15) is 38.5 Å². The van der Waals surface area contributed by atoms with E-state index in [1.54, 1.807) is 7.05 Å². The van der Waals surface area contributed by atoms with E-state index in [2.05, 4.69) is 20.6 Å². The van der Waals surface area contributed by atoms with Crippen LogP contribution in [-0.4, -0.2) is 23.6 Å². The van der Waals surface area contributed by atoms with Gasteiger partial charge < -0.3 is 10.6 Å². The van der Waals surface area contributed by atoms with Gasteiger partial charge in [0.25, 0.3) is 0 Å². The van der Waals surface area contributed by atoms with Gasteiger partial charge in [-0.2, -0.15) is 4.98 Å². The summed E-state index contributed by atoms with van der Waals surface area (Å²) >= 11 is 0. The summed E-state index contributed by atoms with van der Waals surface area (Å²) in [4.78, 5) is 7.88. The first-order chi connectivity index (χ1) is 8.79. The Morgan fingerprint density at radius 2 is 2.11 bits per heavy atom. The van der Waals surface area contributed by atoms with E-state index in [9.17, 15) is 4.39 Å². The van der Waals surface area contributed by atoms with Gasteiger partial charge in [0.1, 0.15) is 0 Å². The maximum Gasteiger partial charge on any atom is 0.224 e. The summed E-state index contributed by atoms with van der Waals surface area (Å²) < 4.78 is 13.5. The number of hydrogen-bond acceptors (Lipinski definition) is 4. The van der Waals surface area contributed by atoms with Crippen molar-refractivity contribution in [1.29, 1.82) is 0 Å². The van der Waals surface area contributed by atoms with Crippen LogP contribution in [0, 0.1) is 11.7 Å². The second kappa shape index (κ2) is 6.52. The molecule has 1 heterocycles. The molecule has 0 saturated heterocycles. The summed E-state index contributed by atoms with van der Waals surface area (Å²) in [5.41, 5.74) is 0. The topological polar surface area (TPSA) is 49.8 Å². The highest BCUT2D eigenvalue weighted by Gasteiger charge is 2.13. The van der Waals surface area contributed by atoms with Gasteiger partial charge in [-0.25, -0.2) is 9.37 Å². The van der Waals surface area contributed by atoms with Gasteiger partial charge in [-0.15, -0.1) is 0 Å². The van der Waals surface area contributed by atoms with Gasteiger partial charge in [0.05, 0.1) is 6.20 Å². The van der Waals surface area contributed by atoms with E-state index < -0.39 is 5.82 Å². The van der Waals surface area contributed by atoms with Crippen LogP contribution in [-0.2, 0) is 0 Å². The van der Waals surface area contributed by atoms with E-state index in [0.717, 1.165) is 18.9 Å². The fourth-order valence-corrected chi connectivity index (χ4v) is 2.48. The molecule has 0 aliphatic heterocycles. The van der Waals surface area contributed by atoms with E-state index in [-0.39, 0.29) is 0 Å².